The van der Waals surface area contributed by atoms with Gasteiger partial charge in [0.2, 0.25) is 0 Å². The molecule has 0 atom stereocenters. The lowest BCUT2D eigenvalue weighted by Gasteiger charge is -2.15. The van der Waals surface area contributed by atoms with Gasteiger partial charge in [-0.15, -0.1) is 0 Å². The normalized spacial score (nSPS) is 11.1. The van der Waals surface area contributed by atoms with Gasteiger partial charge in [-0.1, -0.05) is 12.1 Å². The Kier molecular flexibility index (Phi) is 6.53. The van der Waals surface area contributed by atoms with Gasteiger partial charge in [0.25, 0.3) is 5.91 Å². The van der Waals surface area contributed by atoms with Crippen molar-refractivity contribution < 1.29 is 15.0 Å². The molecule has 170 valence electrons. The van der Waals surface area contributed by atoms with Gasteiger partial charge in [0.05, 0.1) is 31.1 Å². The quantitative estimate of drug-likeness (QED) is 0.282. The summed E-state index contributed by atoms with van der Waals surface area (Å²) in [5.41, 5.74) is 5.66. The number of aromatic nitrogens is 3. The topological polar surface area (TPSA) is 124 Å². The molecule has 0 saturated carbocycles. The molecule has 1 amide bonds. The number of nitrogens with one attached hydrogen (secondary N) is 3. The molecule has 5 N–H and O–H groups in total. The number of benzene rings is 2. The Morgan fingerprint density at radius 3 is 2.45 bits per heavy atom. The number of carbonyl (C=O) groups is 1. The number of hydrogen-bond acceptors (Lipinski definition) is 7. The van der Waals surface area contributed by atoms with Crippen molar-refractivity contribution in [2.45, 2.75) is 13.0 Å². The van der Waals surface area contributed by atoms with Crippen molar-refractivity contribution in [3.05, 3.63) is 72.2 Å². The van der Waals surface area contributed by atoms with Gasteiger partial charge in [0.15, 0.2) is 11.5 Å². The molecule has 0 aliphatic rings. The molecule has 0 saturated heterocycles. The van der Waals surface area contributed by atoms with Gasteiger partial charge in [-0.3, -0.25) is 9.20 Å². The minimum absolute atomic E-state index is 0.331. The maximum absolute atomic E-state index is 12.4. The maximum Gasteiger partial charge on any atom is 0.251 e. The summed E-state index contributed by atoms with van der Waals surface area (Å²) < 4.78 is 1.97. The molecule has 9 heteroatoms. The predicted molar refractivity (Wildman–Crippen MR) is 128 cm³/mol. The van der Waals surface area contributed by atoms with Crippen molar-refractivity contribution in [1.82, 2.24) is 19.7 Å². The van der Waals surface area contributed by atoms with Gasteiger partial charge in [0.1, 0.15) is 0 Å². The van der Waals surface area contributed by atoms with Crippen LogP contribution in [-0.4, -0.2) is 56.8 Å². The summed E-state index contributed by atoms with van der Waals surface area (Å²) in [6.07, 6.45) is 5.39. The van der Waals surface area contributed by atoms with E-state index in [9.17, 15) is 15.0 Å². The summed E-state index contributed by atoms with van der Waals surface area (Å²) in [6, 6.07) is 12.7. The third kappa shape index (κ3) is 4.64. The van der Waals surface area contributed by atoms with E-state index in [1.807, 2.05) is 61.1 Å². The molecule has 0 spiro atoms. The summed E-state index contributed by atoms with van der Waals surface area (Å²) in [6.45, 7) is 1.16. The second-order valence-corrected chi connectivity index (χ2v) is 7.63. The lowest BCUT2D eigenvalue weighted by molar-refractivity contribution is 0.0879. The van der Waals surface area contributed by atoms with Crippen LogP contribution < -0.4 is 16.0 Å². The van der Waals surface area contributed by atoms with Crippen LogP contribution in [-0.2, 0) is 0 Å². The van der Waals surface area contributed by atoms with Crippen molar-refractivity contribution in [1.29, 1.82) is 0 Å². The SMILES string of the molecule is CNc1ccc(-c2cnc3c(Nc4ccc(C(=O)NC(CO)CO)c(C)c4)nccn23)cc1. The van der Waals surface area contributed by atoms with Gasteiger partial charge in [-0.05, 0) is 42.8 Å². The third-order valence-electron chi connectivity index (χ3n) is 5.41. The molecule has 0 aliphatic heterocycles. The Balaban J connectivity index is 1.58. The van der Waals surface area contributed by atoms with Crippen LogP contribution in [0.15, 0.2) is 61.1 Å². The Labute approximate surface area is 191 Å². The average molecular weight is 447 g/mol. The van der Waals surface area contributed by atoms with Crippen LogP contribution in [0.1, 0.15) is 15.9 Å². The van der Waals surface area contributed by atoms with Crippen molar-refractivity contribution >= 4 is 28.7 Å². The fourth-order valence-corrected chi connectivity index (χ4v) is 3.57. The highest BCUT2D eigenvalue weighted by atomic mass is 16.3. The van der Waals surface area contributed by atoms with E-state index in [4.69, 9.17) is 0 Å². The summed E-state index contributed by atoms with van der Waals surface area (Å²) in [5.74, 6) is 0.238. The first-order valence-corrected chi connectivity index (χ1v) is 10.5. The Morgan fingerprint density at radius 2 is 1.79 bits per heavy atom. The Bertz CT molecular complexity index is 1270. The fraction of sp³-hybridized carbons (Fsp3) is 0.208. The standard InChI is InChI=1S/C24H26N6O3/c1-15-11-18(7-8-20(15)24(33)29-19(13-31)14-32)28-22-23-27-12-21(30(23)10-9-26-22)16-3-5-17(25-2)6-4-16/h3-12,19,25,31-32H,13-14H2,1-2H3,(H,26,28)(H,29,33). The molecule has 0 unspecified atom stereocenters. The van der Waals surface area contributed by atoms with Crippen molar-refractivity contribution in [2.24, 2.45) is 0 Å². The summed E-state index contributed by atoms with van der Waals surface area (Å²) in [7, 11) is 1.88. The number of imidazole rings is 1. The number of aryl methyl sites for hydroxylation is 1. The van der Waals surface area contributed by atoms with Crippen LogP contribution in [0.3, 0.4) is 0 Å². The molecule has 2 aromatic carbocycles. The van der Waals surface area contributed by atoms with E-state index in [1.165, 1.54) is 0 Å². The number of carbonyl (C=O) groups excluding carboxylic acids is 1. The van der Waals surface area contributed by atoms with Crippen LogP contribution in [0, 0.1) is 6.92 Å². The lowest BCUT2D eigenvalue weighted by Crippen LogP contribution is -2.40. The van der Waals surface area contributed by atoms with Crippen LogP contribution in [0.25, 0.3) is 16.9 Å². The minimum atomic E-state index is -0.694. The largest absolute Gasteiger partial charge is 0.394 e. The number of nitrogens with zero attached hydrogens (tertiary/aromatic N) is 3. The number of fused-ring (bicyclic) bond motifs is 1. The van der Waals surface area contributed by atoms with Crippen LogP contribution in [0.5, 0.6) is 0 Å². The zero-order valence-corrected chi connectivity index (χ0v) is 18.4. The van der Waals surface area contributed by atoms with Gasteiger partial charge >= 0.3 is 0 Å². The molecular formula is C24H26N6O3. The number of anilines is 3. The summed E-state index contributed by atoms with van der Waals surface area (Å²) >= 11 is 0. The molecule has 2 aromatic heterocycles. The first-order chi connectivity index (χ1) is 16.0. The third-order valence-corrected chi connectivity index (χ3v) is 5.41. The van der Waals surface area contributed by atoms with E-state index >= 15 is 0 Å². The monoisotopic (exact) mass is 446 g/mol. The van der Waals surface area contributed by atoms with Crippen molar-refractivity contribution in [3.8, 4) is 11.3 Å². The fourth-order valence-electron chi connectivity index (χ4n) is 3.57. The highest BCUT2D eigenvalue weighted by Crippen LogP contribution is 2.26. The average Bonchev–Trinajstić information content (AvgIpc) is 3.28. The maximum atomic E-state index is 12.4. The van der Waals surface area contributed by atoms with Crippen LogP contribution in [0.2, 0.25) is 0 Å². The first-order valence-electron chi connectivity index (χ1n) is 10.5. The lowest BCUT2D eigenvalue weighted by atomic mass is 10.1. The second-order valence-electron chi connectivity index (χ2n) is 7.63. The Hall–Kier alpha value is -3.95. The zero-order valence-electron chi connectivity index (χ0n) is 18.4. The molecule has 0 aliphatic carbocycles. The molecule has 4 aromatic rings. The zero-order chi connectivity index (χ0) is 23.4. The van der Waals surface area contributed by atoms with Gasteiger partial charge < -0.3 is 26.2 Å². The van der Waals surface area contributed by atoms with Gasteiger partial charge in [0, 0.05) is 41.9 Å². The molecule has 9 nitrogen and oxygen atoms in total. The molecule has 0 radical (unpaired) electrons. The highest BCUT2D eigenvalue weighted by Gasteiger charge is 2.15. The van der Waals surface area contributed by atoms with E-state index < -0.39 is 6.04 Å². The smallest absolute Gasteiger partial charge is 0.251 e. The molecule has 2 heterocycles. The van der Waals surface area contributed by atoms with Crippen molar-refractivity contribution in [2.75, 3.05) is 30.9 Å². The van der Waals surface area contributed by atoms with Crippen LogP contribution >= 0.6 is 0 Å². The van der Waals surface area contributed by atoms with Crippen LogP contribution in [0.4, 0.5) is 17.2 Å². The van der Waals surface area contributed by atoms with Gasteiger partial charge in [-0.25, -0.2) is 9.97 Å². The molecular weight excluding hydrogens is 420 g/mol. The minimum Gasteiger partial charge on any atom is -0.394 e. The number of rotatable bonds is 8. The molecule has 0 fully saturated rings. The Morgan fingerprint density at radius 1 is 1.06 bits per heavy atom. The van der Waals surface area contributed by atoms with Gasteiger partial charge in [-0.2, -0.15) is 0 Å². The molecule has 4 rings (SSSR count). The highest BCUT2D eigenvalue weighted by molar-refractivity contribution is 5.96. The number of aliphatic hydroxyl groups is 2. The summed E-state index contributed by atoms with van der Waals surface area (Å²) in [5, 5.41) is 27.4. The molecule has 0 bridgehead atoms. The van der Waals surface area contributed by atoms with E-state index in [0.29, 0.717) is 17.0 Å². The number of hydrogen-bond donors (Lipinski definition) is 5. The second kappa shape index (κ2) is 9.68. The van der Waals surface area contributed by atoms with Crippen molar-refractivity contribution in [3.63, 3.8) is 0 Å². The number of aliphatic hydroxyl groups excluding tert-OH is 2. The first kappa shape index (κ1) is 22.3. The van der Waals surface area contributed by atoms with E-state index in [2.05, 4.69) is 25.9 Å². The number of amides is 1. The van der Waals surface area contributed by atoms with E-state index in [1.54, 1.807) is 18.3 Å². The summed E-state index contributed by atoms with van der Waals surface area (Å²) in [4.78, 5) is 21.4. The predicted octanol–water partition coefficient (Wildman–Crippen LogP) is 2.57. The molecule has 33 heavy (non-hydrogen) atoms. The van der Waals surface area contributed by atoms with E-state index in [0.717, 1.165) is 28.2 Å². The van der Waals surface area contributed by atoms with E-state index in [-0.39, 0.29) is 19.1 Å².